The highest BCUT2D eigenvalue weighted by molar-refractivity contribution is 6.13. The van der Waals surface area contributed by atoms with E-state index in [2.05, 4.69) is 15.1 Å². The van der Waals surface area contributed by atoms with E-state index < -0.39 is 17.5 Å². The predicted octanol–water partition coefficient (Wildman–Crippen LogP) is 2.63. The van der Waals surface area contributed by atoms with Crippen molar-refractivity contribution in [3.8, 4) is 0 Å². The number of aromatic nitrogens is 3. The van der Waals surface area contributed by atoms with Gasteiger partial charge in [0.1, 0.15) is 5.56 Å². The van der Waals surface area contributed by atoms with E-state index in [0.29, 0.717) is 35.4 Å². The van der Waals surface area contributed by atoms with Gasteiger partial charge in [0.2, 0.25) is 0 Å². The molecule has 3 aromatic rings. The summed E-state index contributed by atoms with van der Waals surface area (Å²) < 4.78 is 42.3. The van der Waals surface area contributed by atoms with Gasteiger partial charge in [-0.3, -0.25) is 9.79 Å². The van der Waals surface area contributed by atoms with Gasteiger partial charge in [-0.05, 0) is 31.5 Å². The molecule has 0 spiro atoms. The third-order valence-corrected chi connectivity index (χ3v) is 5.26. The maximum absolute atomic E-state index is 13.7. The lowest BCUT2D eigenvalue weighted by Gasteiger charge is -2.29. The molecule has 7 nitrogen and oxygen atoms in total. The van der Waals surface area contributed by atoms with Crippen molar-refractivity contribution in [2.75, 3.05) is 20.1 Å². The molecular weight excluding hydrogens is 409 g/mol. The molecule has 1 aromatic carbocycles. The molecule has 2 aromatic heterocycles. The smallest absolute Gasteiger partial charge is 0.259 e. The number of nitrogens with zero attached hydrogens (tertiary/aromatic N) is 5. The third kappa shape index (κ3) is 3.54. The van der Waals surface area contributed by atoms with Gasteiger partial charge in [0.05, 0.1) is 18.5 Å². The molecule has 0 fully saturated rings. The molecule has 2 N–H and O–H groups in total. The van der Waals surface area contributed by atoms with Crippen LogP contribution in [0, 0.1) is 24.4 Å². The molecule has 0 saturated carbocycles. The average molecular weight is 428 g/mol. The van der Waals surface area contributed by atoms with Crippen molar-refractivity contribution in [2.45, 2.75) is 13.3 Å². The number of carbonyl (C=O) groups is 1. The Hall–Kier alpha value is -3.69. The minimum atomic E-state index is -1.54. The van der Waals surface area contributed by atoms with Crippen LogP contribution in [0.3, 0.4) is 0 Å². The monoisotopic (exact) mass is 428 g/mol. The number of benzene rings is 1. The van der Waals surface area contributed by atoms with Gasteiger partial charge in [0.15, 0.2) is 23.1 Å². The molecule has 3 heterocycles. The largest absolute Gasteiger partial charge is 0.400 e. The highest BCUT2D eigenvalue weighted by Crippen LogP contribution is 2.24. The Morgan fingerprint density at radius 3 is 2.58 bits per heavy atom. The van der Waals surface area contributed by atoms with Gasteiger partial charge in [-0.2, -0.15) is 5.10 Å². The molecule has 10 heteroatoms. The first-order valence-electron chi connectivity index (χ1n) is 9.50. The number of amides is 1. The molecular formula is C21H19F3N6O. The van der Waals surface area contributed by atoms with Crippen LogP contribution >= 0.6 is 0 Å². The minimum Gasteiger partial charge on any atom is -0.400 e. The van der Waals surface area contributed by atoms with E-state index in [1.165, 1.54) is 13.2 Å². The van der Waals surface area contributed by atoms with Crippen LogP contribution in [-0.4, -0.2) is 51.3 Å². The van der Waals surface area contributed by atoms with E-state index in [4.69, 9.17) is 5.73 Å². The Labute approximate surface area is 175 Å². The molecule has 31 heavy (non-hydrogen) atoms. The fourth-order valence-electron chi connectivity index (χ4n) is 3.69. The Balaban J connectivity index is 1.63. The van der Waals surface area contributed by atoms with Gasteiger partial charge in [0.25, 0.3) is 5.91 Å². The fraction of sp³-hybridized carbons (Fsp3) is 0.238. The molecule has 1 amide bonds. The fourth-order valence-corrected chi connectivity index (χ4v) is 3.69. The van der Waals surface area contributed by atoms with Crippen molar-refractivity contribution in [2.24, 2.45) is 10.7 Å². The predicted molar refractivity (Wildman–Crippen MR) is 108 cm³/mol. The summed E-state index contributed by atoms with van der Waals surface area (Å²) in [5.41, 5.74) is 9.11. The summed E-state index contributed by atoms with van der Waals surface area (Å²) in [6.45, 7) is 2.27. The zero-order valence-corrected chi connectivity index (χ0v) is 16.9. The van der Waals surface area contributed by atoms with Crippen molar-refractivity contribution in [1.82, 2.24) is 19.5 Å². The lowest BCUT2D eigenvalue weighted by atomic mass is 9.94. The molecule has 4 rings (SSSR count). The number of rotatable bonds is 3. The van der Waals surface area contributed by atoms with Crippen LogP contribution in [0.15, 0.2) is 46.9 Å². The summed E-state index contributed by atoms with van der Waals surface area (Å²) in [5, 5.41) is 4.22. The van der Waals surface area contributed by atoms with E-state index in [1.807, 2.05) is 6.92 Å². The van der Waals surface area contributed by atoms with Crippen molar-refractivity contribution >= 4 is 17.3 Å². The van der Waals surface area contributed by atoms with E-state index in [9.17, 15) is 18.0 Å². The van der Waals surface area contributed by atoms with Gasteiger partial charge in [-0.15, -0.1) is 0 Å². The van der Waals surface area contributed by atoms with Crippen LogP contribution in [0.25, 0.3) is 5.65 Å². The summed E-state index contributed by atoms with van der Waals surface area (Å²) >= 11 is 0. The third-order valence-electron chi connectivity index (χ3n) is 5.26. The van der Waals surface area contributed by atoms with Crippen LogP contribution in [0.5, 0.6) is 0 Å². The topological polar surface area (TPSA) is 88.9 Å². The average Bonchev–Trinajstić information content (AvgIpc) is 3.18. The van der Waals surface area contributed by atoms with Gasteiger partial charge in [-0.1, -0.05) is 0 Å². The van der Waals surface area contributed by atoms with Crippen LogP contribution in [0.2, 0.25) is 0 Å². The SMILES string of the molecule is CN=C(C1=C(N)CN(C(=O)c2cnn3c(C)ccnc23)CC1)c1cc(F)c(F)c(F)c1. The number of aliphatic imine (C=N–C) groups is 1. The van der Waals surface area contributed by atoms with Crippen LogP contribution in [0.4, 0.5) is 13.2 Å². The summed E-state index contributed by atoms with van der Waals surface area (Å²) in [6.07, 6.45) is 3.39. The van der Waals surface area contributed by atoms with Crippen molar-refractivity contribution in [3.63, 3.8) is 0 Å². The summed E-state index contributed by atoms with van der Waals surface area (Å²) in [4.78, 5) is 23.0. The maximum Gasteiger partial charge on any atom is 0.259 e. The molecule has 160 valence electrons. The number of aryl methyl sites for hydroxylation is 1. The van der Waals surface area contributed by atoms with E-state index in [-0.39, 0.29) is 23.7 Å². The molecule has 0 atom stereocenters. The lowest BCUT2D eigenvalue weighted by Crippen LogP contribution is -2.40. The number of hydrogen-bond donors (Lipinski definition) is 1. The first-order chi connectivity index (χ1) is 14.8. The van der Waals surface area contributed by atoms with Gasteiger partial charge >= 0.3 is 0 Å². The summed E-state index contributed by atoms with van der Waals surface area (Å²) in [6, 6.07) is 3.55. The van der Waals surface area contributed by atoms with Gasteiger partial charge in [-0.25, -0.2) is 22.7 Å². The molecule has 0 saturated heterocycles. The number of halogens is 3. The second kappa shape index (κ2) is 7.86. The van der Waals surface area contributed by atoms with Crippen LogP contribution in [0.1, 0.15) is 28.0 Å². The molecule has 0 radical (unpaired) electrons. The van der Waals surface area contributed by atoms with E-state index in [1.54, 1.807) is 21.7 Å². The van der Waals surface area contributed by atoms with Crippen molar-refractivity contribution in [1.29, 1.82) is 0 Å². The quantitative estimate of drug-likeness (QED) is 0.513. The first-order valence-corrected chi connectivity index (χ1v) is 9.50. The number of nitrogens with two attached hydrogens (primary N) is 1. The van der Waals surface area contributed by atoms with Gasteiger partial charge in [0, 0.05) is 42.3 Å². The van der Waals surface area contributed by atoms with E-state index >= 15 is 0 Å². The number of fused-ring (bicyclic) bond motifs is 1. The molecule has 0 aliphatic carbocycles. The Morgan fingerprint density at radius 2 is 1.94 bits per heavy atom. The van der Waals surface area contributed by atoms with E-state index in [0.717, 1.165) is 17.8 Å². The Morgan fingerprint density at radius 1 is 1.23 bits per heavy atom. The lowest BCUT2D eigenvalue weighted by molar-refractivity contribution is 0.0765. The normalized spacial score (nSPS) is 15.1. The highest BCUT2D eigenvalue weighted by Gasteiger charge is 2.28. The van der Waals surface area contributed by atoms with Crippen molar-refractivity contribution in [3.05, 3.63) is 76.1 Å². The Kier molecular flexibility index (Phi) is 5.22. The summed E-state index contributed by atoms with van der Waals surface area (Å²) in [7, 11) is 1.46. The van der Waals surface area contributed by atoms with Gasteiger partial charge < -0.3 is 10.6 Å². The number of carbonyl (C=O) groups excluding carboxylic acids is 1. The standard InChI is InChI=1S/C21H19F3N6O/c1-11-3-5-27-20-14(9-28-30(11)20)21(31)29-6-4-13(17(25)10-29)19(26-2)12-7-15(22)18(24)16(23)8-12/h3,5,7-9H,4,6,10,25H2,1-2H3. The molecule has 1 aliphatic heterocycles. The second-order valence-electron chi connectivity index (χ2n) is 7.19. The molecule has 0 unspecified atom stereocenters. The zero-order valence-electron chi connectivity index (χ0n) is 16.9. The zero-order chi connectivity index (χ0) is 22.3. The minimum absolute atomic E-state index is 0.0823. The molecule has 0 bridgehead atoms. The second-order valence-corrected chi connectivity index (χ2v) is 7.19. The summed E-state index contributed by atoms with van der Waals surface area (Å²) in [5.74, 6) is -4.43. The Bertz CT molecular complexity index is 1240. The van der Waals surface area contributed by atoms with Crippen molar-refractivity contribution < 1.29 is 18.0 Å². The number of hydrogen-bond acceptors (Lipinski definition) is 5. The van der Waals surface area contributed by atoms with Crippen LogP contribution < -0.4 is 5.73 Å². The maximum atomic E-state index is 13.7. The van der Waals surface area contributed by atoms with Crippen LogP contribution in [-0.2, 0) is 0 Å². The highest BCUT2D eigenvalue weighted by atomic mass is 19.2. The molecule has 1 aliphatic rings. The first kappa shape index (κ1) is 20.6.